The van der Waals surface area contributed by atoms with Crippen molar-refractivity contribution in [3.05, 3.63) is 59.3 Å². The molecule has 2 N–H and O–H groups in total. The lowest BCUT2D eigenvalue weighted by Gasteiger charge is -2.54. The van der Waals surface area contributed by atoms with E-state index in [0.717, 1.165) is 55.8 Å². The van der Waals surface area contributed by atoms with Crippen molar-refractivity contribution in [1.29, 1.82) is 0 Å². The lowest BCUT2D eigenvalue weighted by atomic mass is 9.58. The van der Waals surface area contributed by atoms with Crippen molar-refractivity contribution in [2.45, 2.75) is 69.1 Å². The smallest absolute Gasteiger partial charge is 0.0980 e. The van der Waals surface area contributed by atoms with Crippen LogP contribution in [0.4, 0.5) is 0 Å². The standard InChI is InChI=1S/C27H31N3O2/c1-25-10-9-20-14-19-5-6-21(30(2)31)15-26(19)11-12-27(20,32-26)24(25)8-7-22(25)17-3-4-18-16-28-29-23(18)13-17/h3-4,7,9,13-14,16,21,24,31H,5-6,8,10-12,15H2,1-2H3,(H,28,29)/t21-,24-,25-,26-,27-/m1/s1. The zero-order chi connectivity index (χ0) is 21.7. The Balaban J connectivity index is 1.29. The van der Waals surface area contributed by atoms with E-state index < -0.39 is 0 Å². The number of allylic oxidation sites excluding steroid dienone is 3. The molecule has 1 saturated heterocycles. The molecule has 1 saturated carbocycles. The number of aromatic nitrogens is 2. The molecule has 3 aliphatic carbocycles. The fraction of sp³-hybridized carbons (Fsp3) is 0.519. The molecule has 2 fully saturated rings. The maximum absolute atomic E-state index is 10.2. The summed E-state index contributed by atoms with van der Waals surface area (Å²) in [7, 11) is 1.79. The summed E-state index contributed by atoms with van der Waals surface area (Å²) in [6.45, 7) is 2.45. The Morgan fingerprint density at radius 3 is 3.03 bits per heavy atom. The summed E-state index contributed by atoms with van der Waals surface area (Å²) in [6.07, 6.45) is 16.6. The van der Waals surface area contributed by atoms with Gasteiger partial charge in [-0.05, 0) is 73.3 Å². The van der Waals surface area contributed by atoms with Crippen LogP contribution in [0.5, 0.6) is 0 Å². The van der Waals surface area contributed by atoms with Crippen molar-refractivity contribution < 1.29 is 9.94 Å². The number of H-pyrrole nitrogens is 1. The second-order valence-corrected chi connectivity index (χ2v) is 11.0. The molecule has 2 aliphatic heterocycles. The van der Waals surface area contributed by atoms with Crippen molar-refractivity contribution in [3.63, 3.8) is 0 Å². The Morgan fingerprint density at radius 1 is 1.25 bits per heavy atom. The van der Waals surface area contributed by atoms with Crippen LogP contribution in [0.2, 0.25) is 0 Å². The summed E-state index contributed by atoms with van der Waals surface area (Å²) >= 11 is 0. The second-order valence-electron chi connectivity index (χ2n) is 11.0. The molecule has 2 spiro atoms. The van der Waals surface area contributed by atoms with E-state index in [1.807, 2.05) is 6.20 Å². The SMILES string of the molecule is CN(O)[C@@H]1CCC2=CC3=CC[C@]4(C)C(c5ccc6cn[nH]c6c5)=CC[C@H]4[C@@]34CC[C@]2(C1)O4. The number of hydroxylamine groups is 2. The third kappa shape index (κ3) is 2.32. The van der Waals surface area contributed by atoms with Gasteiger partial charge in [-0.2, -0.15) is 10.2 Å². The van der Waals surface area contributed by atoms with Gasteiger partial charge in [-0.15, -0.1) is 0 Å². The van der Waals surface area contributed by atoms with Gasteiger partial charge in [0.1, 0.15) is 0 Å². The molecule has 3 heterocycles. The van der Waals surface area contributed by atoms with Gasteiger partial charge >= 0.3 is 0 Å². The van der Waals surface area contributed by atoms with Crippen LogP contribution < -0.4 is 0 Å². The van der Waals surface area contributed by atoms with Crippen molar-refractivity contribution in [2.24, 2.45) is 11.3 Å². The Labute approximate surface area is 188 Å². The van der Waals surface area contributed by atoms with Gasteiger partial charge in [0.25, 0.3) is 0 Å². The normalized spacial score (nSPS) is 39.9. The van der Waals surface area contributed by atoms with E-state index in [4.69, 9.17) is 4.74 Å². The van der Waals surface area contributed by atoms with Crippen molar-refractivity contribution >= 4 is 16.5 Å². The van der Waals surface area contributed by atoms with Gasteiger partial charge in [0, 0.05) is 29.8 Å². The molecule has 5 aliphatic rings. The first-order valence-electron chi connectivity index (χ1n) is 12.1. The molecule has 0 unspecified atom stereocenters. The Kier molecular flexibility index (Phi) is 3.75. The summed E-state index contributed by atoms with van der Waals surface area (Å²) in [5.41, 5.74) is 6.44. The fourth-order valence-corrected chi connectivity index (χ4v) is 7.83. The van der Waals surface area contributed by atoms with Gasteiger partial charge in [0.2, 0.25) is 0 Å². The lowest BCUT2D eigenvalue weighted by Crippen LogP contribution is -2.54. The molecule has 32 heavy (non-hydrogen) atoms. The minimum atomic E-state index is -0.192. The number of aromatic amines is 1. The van der Waals surface area contributed by atoms with Crippen molar-refractivity contribution in [1.82, 2.24) is 15.3 Å². The summed E-state index contributed by atoms with van der Waals surface area (Å²) in [6, 6.07) is 6.88. The Bertz CT molecular complexity index is 1220. The van der Waals surface area contributed by atoms with Gasteiger partial charge in [-0.25, -0.2) is 0 Å². The zero-order valence-corrected chi connectivity index (χ0v) is 18.9. The number of benzene rings is 1. The largest absolute Gasteiger partial charge is 0.359 e. The molecule has 5 nitrogen and oxygen atoms in total. The minimum absolute atomic E-state index is 0.0654. The average Bonchev–Trinajstić information content (AvgIpc) is 3.47. The quantitative estimate of drug-likeness (QED) is 0.627. The predicted molar refractivity (Wildman–Crippen MR) is 124 cm³/mol. The van der Waals surface area contributed by atoms with E-state index in [-0.39, 0.29) is 22.7 Å². The molecule has 2 bridgehead atoms. The molecule has 166 valence electrons. The second kappa shape index (κ2) is 6.22. The van der Waals surface area contributed by atoms with Gasteiger partial charge < -0.3 is 9.94 Å². The molecular formula is C27H31N3O2. The minimum Gasteiger partial charge on any atom is -0.359 e. The maximum Gasteiger partial charge on any atom is 0.0980 e. The molecule has 0 radical (unpaired) electrons. The molecule has 0 amide bonds. The van der Waals surface area contributed by atoms with Crippen LogP contribution in [0.3, 0.4) is 0 Å². The molecule has 2 aromatic rings. The van der Waals surface area contributed by atoms with Gasteiger partial charge in [-0.3, -0.25) is 5.10 Å². The number of rotatable bonds is 2. The van der Waals surface area contributed by atoms with E-state index in [1.165, 1.54) is 27.3 Å². The summed E-state index contributed by atoms with van der Waals surface area (Å²) in [5.74, 6) is 0.451. The predicted octanol–water partition coefficient (Wildman–Crippen LogP) is 5.40. The third-order valence-corrected chi connectivity index (χ3v) is 9.53. The first kappa shape index (κ1) is 19.3. The highest BCUT2D eigenvalue weighted by atomic mass is 16.5. The average molecular weight is 430 g/mol. The topological polar surface area (TPSA) is 61.4 Å². The first-order chi connectivity index (χ1) is 15.4. The Hall–Kier alpha value is -2.21. The van der Waals surface area contributed by atoms with Crippen LogP contribution in [-0.2, 0) is 4.74 Å². The van der Waals surface area contributed by atoms with E-state index in [2.05, 4.69) is 53.5 Å². The van der Waals surface area contributed by atoms with E-state index >= 15 is 0 Å². The number of ether oxygens (including phenoxy) is 1. The summed E-state index contributed by atoms with van der Waals surface area (Å²) < 4.78 is 7.26. The number of nitrogens with one attached hydrogen (secondary N) is 1. The number of fused-ring (bicyclic) bond motifs is 2. The van der Waals surface area contributed by atoms with E-state index in [1.54, 1.807) is 7.05 Å². The van der Waals surface area contributed by atoms with Crippen LogP contribution >= 0.6 is 0 Å². The highest BCUT2D eigenvalue weighted by Crippen LogP contribution is 2.67. The van der Waals surface area contributed by atoms with E-state index in [0.29, 0.717) is 5.92 Å². The summed E-state index contributed by atoms with van der Waals surface area (Å²) in [5, 5.41) is 20.1. The highest BCUT2D eigenvalue weighted by molar-refractivity contribution is 5.84. The van der Waals surface area contributed by atoms with Crippen molar-refractivity contribution in [2.75, 3.05) is 7.05 Å². The van der Waals surface area contributed by atoms with Crippen LogP contribution in [0.1, 0.15) is 57.4 Å². The Morgan fingerprint density at radius 2 is 2.16 bits per heavy atom. The lowest BCUT2D eigenvalue weighted by molar-refractivity contribution is -0.165. The molecule has 5 atom stereocenters. The molecule has 5 heteroatoms. The number of hydrogen-bond donors (Lipinski definition) is 2. The van der Waals surface area contributed by atoms with Crippen LogP contribution in [0, 0.1) is 11.3 Å². The van der Waals surface area contributed by atoms with Gasteiger partial charge in [-0.1, -0.05) is 37.3 Å². The third-order valence-electron chi connectivity index (χ3n) is 9.53. The summed E-state index contributed by atoms with van der Waals surface area (Å²) in [4.78, 5) is 0. The van der Waals surface area contributed by atoms with Crippen LogP contribution in [-0.4, -0.2) is 44.8 Å². The van der Waals surface area contributed by atoms with Crippen molar-refractivity contribution in [3.8, 4) is 0 Å². The van der Waals surface area contributed by atoms with Gasteiger partial charge in [0.15, 0.2) is 0 Å². The van der Waals surface area contributed by atoms with E-state index in [9.17, 15) is 5.21 Å². The highest BCUT2D eigenvalue weighted by Gasteiger charge is 2.65. The van der Waals surface area contributed by atoms with Crippen LogP contribution in [0.25, 0.3) is 16.5 Å². The first-order valence-corrected chi connectivity index (χ1v) is 12.1. The molecule has 1 aromatic carbocycles. The maximum atomic E-state index is 10.2. The number of hydrogen-bond acceptors (Lipinski definition) is 4. The monoisotopic (exact) mass is 429 g/mol. The van der Waals surface area contributed by atoms with Crippen LogP contribution in [0.15, 0.2) is 53.8 Å². The van der Waals surface area contributed by atoms with Gasteiger partial charge in [0.05, 0.1) is 22.9 Å². The number of nitrogens with zero attached hydrogens (tertiary/aromatic N) is 2. The fourth-order valence-electron chi connectivity index (χ4n) is 7.83. The molecular weight excluding hydrogens is 398 g/mol. The molecule has 7 rings (SSSR count). The molecule has 1 aromatic heterocycles. The zero-order valence-electron chi connectivity index (χ0n) is 18.9.